The highest BCUT2D eigenvalue weighted by molar-refractivity contribution is 6.03. The molecular weight excluding hydrogens is 490 g/mol. The fraction of sp³-hybridized carbons (Fsp3) is 0.333. The van der Waals surface area contributed by atoms with E-state index in [1.165, 1.54) is 5.39 Å². The summed E-state index contributed by atoms with van der Waals surface area (Å²) in [6, 6.07) is 18.4. The summed E-state index contributed by atoms with van der Waals surface area (Å²) in [6.07, 6.45) is 6.24. The molecule has 2 fully saturated rings. The van der Waals surface area contributed by atoms with Crippen LogP contribution in [0.3, 0.4) is 0 Å². The maximum absolute atomic E-state index is 13.4. The molecule has 6 nitrogen and oxygen atoms in total. The summed E-state index contributed by atoms with van der Waals surface area (Å²) in [5.74, 6) is 0.0274. The molecule has 2 atom stereocenters. The zero-order valence-corrected chi connectivity index (χ0v) is 22.0. The summed E-state index contributed by atoms with van der Waals surface area (Å²) in [7, 11) is 0. The zero-order chi connectivity index (χ0) is 26.7. The van der Waals surface area contributed by atoms with Crippen molar-refractivity contribution in [2.45, 2.75) is 51.0 Å². The predicted molar refractivity (Wildman–Crippen MR) is 152 cm³/mol. The highest BCUT2D eigenvalue weighted by Crippen LogP contribution is 2.40. The molecule has 1 aliphatic heterocycles. The third kappa shape index (κ3) is 4.05. The van der Waals surface area contributed by atoms with Crippen molar-refractivity contribution < 1.29 is 18.7 Å². The molecule has 198 valence electrons. The summed E-state index contributed by atoms with van der Waals surface area (Å²) >= 11 is 0. The van der Waals surface area contributed by atoms with Crippen LogP contribution >= 0.6 is 0 Å². The molecule has 1 saturated heterocycles. The molecule has 5 aromatic rings. The predicted octanol–water partition coefficient (Wildman–Crippen LogP) is 6.36. The summed E-state index contributed by atoms with van der Waals surface area (Å²) in [5, 5.41) is 15.1. The second-order valence-corrected chi connectivity index (χ2v) is 11.4. The number of benzene rings is 3. The lowest BCUT2D eigenvalue weighted by atomic mass is 9.71. The van der Waals surface area contributed by atoms with Crippen LogP contribution in [-0.2, 0) is 11.2 Å². The van der Waals surface area contributed by atoms with Crippen molar-refractivity contribution in [3.63, 3.8) is 0 Å². The number of hydrogen-bond donors (Lipinski definition) is 1. The number of aryl methyl sites for hydroxylation is 1. The molecule has 6 heteroatoms. The van der Waals surface area contributed by atoms with Crippen LogP contribution in [-0.4, -0.2) is 34.6 Å². The highest BCUT2D eigenvalue weighted by Gasteiger charge is 2.43. The molecule has 3 heterocycles. The van der Waals surface area contributed by atoms with Gasteiger partial charge < -0.3 is 18.8 Å². The van der Waals surface area contributed by atoms with Gasteiger partial charge in [0.2, 0.25) is 5.91 Å². The van der Waals surface area contributed by atoms with Crippen molar-refractivity contribution in [1.82, 2.24) is 4.90 Å². The number of hydrogen-bond acceptors (Lipinski definition) is 5. The van der Waals surface area contributed by atoms with Gasteiger partial charge in [0.15, 0.2) is 0 Å². The Labute approximate surface area is 225 Å². The zero-order valence-electron chi connectivity index (χ0n) is 22.0. The van der Waals surface area contributed by atoms with E-state index < -0.39 is 11.2 Å². The van der Waals surface area contributed by atoms with Gasteiger partial charge in [0.1, 0.15) is 11.2 Å². The summed E-state index contributed by atoms with van der Waals surface area (Å²) < 4.78 is 11.6. The summed E-state index contributed by atoms with van der Waals surface area (Å²) in [4.78, 5) is 28.2. The Hall–Kier alpha value is -3.90. The largest absolute Gasteiger partial charge is 0.464 e. The molecule has 0 bridgehead atoms. The first kappa shape index (κ1) is 24.2. The van der Waals surface area contributed by atoms with Gasteiger partial charge in [0.25, 0.3) is 0 Å². The van der Waals surface area contributed by atoms with Crippen LogP contribution in [0, 0.1) is 12.8 Å². The Kier molecular flexibility index (Phi) is 5.63. The Bertz CT molecular complexity index is 1810. The van der Waals surface area contributed by atoms with Crippen molar-refractivity contribution >= 4 is 38.6 Å². The van der Waals surface area contributed by atoms with E-state index in [0.29, 0.717) is 36.2 Å². The molecule has 1 aliphatic carbocycles. The Morgan fingerprint density at radius 3 is 2.74 bits per heavy atom. The Balaban J connectivity index is 1.23. The van der Waals surface area contributed by atoms with E-state index in [-0.39, 0.29) is 18.2 Å². The van der Waals surface area contributed by atoms with Crippen molar-refractivity contribution in [2.24, 2.45) is 5.92 Å². The number of carbonyl (C=O) groups is 1. The van der Waals surface area contributed by atoms with Gasteiger partial charge in [-0.1, -0.05) is 49.2 Å². The summed E-state index contributed by atoms with van der Waals surface area (Å²) in [6.45, 7) is 2.96. The minimum absolute atomic E-state index is 0.00376. The number of carbonyl (C=O) groups excluding carboxylic acids is 1. The van der Waals surface area contributed by atoms with Crippen LogP contribution in [0.2, 0.25) is 0 Å². The number of nitrogens with zero attached hydrogens (tertiary/aromatic N) is 1. The lowest BCUT2D eigenvalue weighted by Gasteiger charge is -2.47. The number of amides is 1. The molecule has 2 aromatic heterocycles. The average molecular weight is 522 g/mol. The van der Waals surface area contributed by atoms with Gasteiger partial charge >= 0.3 is 5.63 Å². The van der Waals surface area contributed by atoms with Crippen LogP contribution < -0.4 is 5.63 Å². The van der Waals surface area contributed by atoms with E-state index in [1.54, 1.807) is 12.3 Å². The molecule has 1 saturated carbocycles. The van der Waals surface area contributed by atoms with Gasteiger partial charge in [-0.25, -0.2) is 4.79 Å². The van der Waals surface area contributed by atoms with Gasteiger partial charge in [-0.2, -0.15) is 0 Å². The van der Waals surface area contributed by atoms with Crippen molar-refractivity contribution in [2.75, 3.05) is 13.1 Å². The SMILES string of the molecule is Cc1c(CC(=O)N2CC[C@@]3(O)CCCC[C@H]3C2)c(=O)oc2cc3occ(-c4ccc5ccccc5c4)c3cc12. The molecule has 0 unspecified atom stereocenters. The third-order valence-corrected chi connectivity index (χ3v) is 9.15. The van der Waals surface area contributed by atoms with Crippen LogP contribution in [0.25, 0.3) is 43.8 Å². The monoisotopic (exact) mass is 521 g/mol. The van der Waals surface area contributed by atoms with Gasteiger partial charge in [0.05, 0.1) is 23.8 Å². The number of furan rings is 1. The van der Waals surface area contributed by atoms with Crippen LogP contribution in [0.15, 0.2) is 74.5 Å². The number of likely N-dealkylation sites (tertiary alicyclic amines) is 1. The third-order valence-electron chi connectivity index (χ3n) is 9.15. The minimum Gasteiger partial charge on any atom is -0.464 e. The van der Waals surface area contributed by atoms with E-state index in [0.717, 1.165) is 58.5 Å². The molecule has 0 spiro atoms. The first-order valence-corrected chi connectivity index (χ1v) is 13.9. The fourth-order valence-corrected chi connectivity index (χ4v) is 6.76. The van der Waals surface area contributed by atoms with E-state index >= 15 is 0 Å². The molecule has 3 aromatic carbocycles. The number of piperidine rings is 1. The molecule has 7 rings (SSSR count). The number of fused-ring (bicyclic) bond motifs is 4. The Morgan fingerprint density at radius 1 is 1.03 bits per heavy atom. The van der Waals surface area contributed by atoms with E-state index in [9.17, 15) is 14.7 Å². The number of aliphatic hydroxyl groups is 1. The average Bonchev–Trinajstić information content (AvgIpc) is 3.36. The standard InChI is InChI=1S/C33H31NO5/c1-20-25-15-27-28(23-10-9-21-6-2-3-7-22(21)14-23)19-38-29(27)17-30(25)39-32(36)26(20)16-31(35)34-13-12-33(37)11-5-4-8-24(33)18-34/h2-3,6-7,9-10,14-15,17,19,24,37H,4-5,8,11-13,16,18H2,1H3/t24-,33-/m0/s1. The quantitative estimate of drug-likeness (QED) is 0.279. The van der Waals surface area contributed by atoms with Gasteiger partial charge in [-0.15, -0.1) is 0 Å². The smallest absolute Gasteiger partial charge is 0.340 e. The first-order valence-electron chi connectivity index (χ1n) is 13.9. The fourth-order valence-electron chi connectivity index (χ4n) is 6.76. The lowest BCUT2D eigenvalue weighted by molar-refractivity contribution is -0.142. The normalized spacial score (nSPS) is 21.5. The lowest BCUT2D eigenvalue weighted by Crippen LogP contribution is -2.55. The molecular formula is C33H31NO5. The van der Waals surface area contributed by atoms with Gasteiger partial charge in [-0.05, 0) is 60.2 Å². The van der Waals surface area contributed by atoms with Crippen LogP contribution in [0.1, 0.15) is 43.2 Å². The molecule has 2 aliphatic rings. The second-order valence-electron chi connectivity index (χ2n) is 11.4. The van der Waals surface area contributed by atoms with Crippen molar-refractivity contribution in [3.8, 4) is 11.1 Å². The van der Waals surface area contributed by atoms with E-state index in [4.69, 9.17) is 8.83 Å². The number of rotatable bonds is 3. The van der Waals surface area contributed by atoms with Crippen molar-refractivity contribution in [3.05, 3.63) is 82.4 Å². The molecule has 1 N–H and O–H groups in total. The summed E-state index contributed by atoms with van der Waals surface area (Å²) in [5.41, 5.74) is 3.13. The molecule has 39 heavy (non-hydrogen) atoms. The second kappa shape index (κ2) is 9.09. The van der Waals surface area contributed by atoms with Crippen LogP contribution in [0.5, 0.6) is 0 Å². The Morgan fingerprint density at radius 2 is 1.87 bits per heavy atom. The maximum atomic E-state index is 13.4. The minimum atomic E-state index is -0.647. The first-order chi connectivity index (χ1) is 18.9. The molecule has 1 amide bonds. The molecule has 0 radical (unpaired) electrons. The van der Waals surface area contributed by atoms with Crippen molar-refractivity contribution in [1.29, 1.82) is 0 Å². The van der Waals surface area contributed by atoms with Gasteiger partial charge in [0, 0.05) is 41.4 Å². The van der Waals surface area contributed by atoms with E-state index in [2.05, 4.69) is 30.3 Å². The van der Waals surface area contributed by atoms with Crippen LogP contribution in [0.4, 0.5) is 0 Å². The highest BCUT2D eigenvalue weighted by atomic mass is 16.4. The maximum Gasteiger partial charge on any atom is 0.340 e. The van der Waals surface area contributed by atoms with E-state index in [1.807, 2.05) is 30.0 Å². The van der Waals surface area contributed by atoms with Gasteiger partial charge in [-0.3, -0.25) is 4.79 Å². The topological polar surface area (TPSA) is 83.9 Å².